The smallest absolute Gasteiger partial charge is 0.302 e. The molecule has 1 aromatic carbocycles. The van der Waals surface area contributed by atoms with Crippen molar-refractivity contribution in [3.63, 3.8) is 0 Å². The number of aromatic nitrogens is 5. The lowest BCUT2D eigenvalue weighted by Crippen LogP contribution is -2.19. The van der Waals surface area contributed by atoms with Crippen molar-refractivity contribution in [3.8, 4) is 11.3 Å². The fourth-order valence-corrected chi connectivity index (χ4v) is 3.24. The highest BCUT2D eigenvalue weighted by Gasteiger charge is 2.17. The summed E-state index contributed by atoms with van der Waals surface area (Å²) in [7, 11) is 1.94. The Morgan fingerprint density at radius 3 is 2.91 bits per heavy atom. The lowest BCUT2D eigenvalue weighted by Gasteiger charge is -1.97. The third-order valence-electron chi connectivity index (χ3n) is 3.56. The summed E-state index contributed by atoms with van der Waals surface area (Å²) < 4.78 is 3.24. The summed E-state index contributed by atoms with van der Waals surface area (Å²) in [5.41, 5.74) is 7.37. The maximum atomic E-state index is 12.7. The molecule has 3 heterocycles. The maximum Gasteiger partial charge on any atom is 0.302 e. The second kappa shape index (κ2) is 4.72. The van der Waals surface area contributed by atoms with Crippen molar-refractivity contribution in [3.05, 3.63) is 45.8 Å². The molecule has 0 aliphatic carbocycles. The Balaban J connectivity index is 2.04. The zero-order valence-electron chi connectivity index (χ0n) is 11.7. The topological polar surface area (TPSA) is 91.1 Å². The predicted octanol–water partition coefficient (Wildman–Crippen LogP) is 1.16. The van der Waals surface area contributed by atoms with Gasteiger partial charge in [-0.3, -0.25) is 4.79 Å². The lowest BCUT2D eigenvalue weighted by atomic mass is 10.1. The summed E-state index contributed by atoms with van der Waals surface area (Å²) in [4.78, 5) is 13.1. The Labute approximate surface area is 128 Å². The monoisotopic (exact) mass is 312 g/mol. The number of rotatable bonds is 2. The third-order valence-corrected chi connectivity index (χ3v) is 4.48. The zero-order valence-corrected chi connectivity index (χ0v) is 12.5. The predicted molar refractivity (Wildman–Crippen MR) is 84.7 cm³/mol. The number of aryl methyl sites for hydroxylation is 1. The largest absolute Gasteiger partial charge is 0.350 e. The molecular weight excluding hydrogens is 300 g/mol. The Morgan fingerprint density at radius 1 is 1.27 bits per heavy atom. The van der Waals surface area contributed by atoms with Gasteiger partial charge in [-0.25, -0.2) is 0 Å². The fraction of sp³-hybridized carbons (Fsp3) is 0.143. The van der Waals surface area contributed by atoms with Crippen molar-refractivity contribution in [2.24, 2.45) is 12.8 Å². The van der Waals surface area contributed by atoms with Crippen LogP contribution in [-0.4, -0.2) is 24.4 Å². The first kappa shape index (κ1) is 13.1. The van der Waals surface area contributed by atoms with E-state index >= 15 is 0 Å². The highest BCUT2D eigenvalue weighted by Crippen LogP contribution is 2.26. The van der Waals surface area contributed by atoms with Crippen LogP contribution in [0.1, 0.15) is 5.01 Å². The van der Waals surface area contributed by atoms with Gasteiger partial charge in [0.2, 0.25) is 4.96 Å². The van der Waals surface area contributed by atoms with E-state index in [9.17, 15) is 4.79 Å². The number of hydrogen-bond acceptors (Lipinski definition) is 6. The van der Waals surface area contributed by atoms with Crippen LogP contribution in [-0.2, 0) is 13.6 Å². The van der Waals surface area contributed by atoms with Gasteiger partial charge in [0.1, 0.15) is 5.01 Å². The Bertz CT molecular complexity index is 1060. The van der Waals surface area contributed by atoms with Crippen LogP contribution < -0.4 is 11.3 Å². The number of fused-ring (bicyclic) bond motifs is 2. The SMILES string of the molecule is Cn1cc(-c2nnc3sc(CN)nn3c2=O)c2ccccc21. The normalized spacial score (nSPS) is 11.5. The molecule has 0 bridgehead atoms. The molecule has 0 atom stereocenters. The fourth-order valence-electron chi connectivity index (χ4n) is 2.54. The number of para-hydroxylation sites is 1. The Hall–Kier alpha value is -2.58. The molecule has 0 fully saturated rings. The molecule has 7 nitrogen and oxygen atoms in total. The van der Waals surface area contributed by atoms with E-state index in [1.807, 2.05) is 42.1 Å². The van der Waals surface area contributed by atoms with Crippen molar-refractivity contribution >= 4 is 27.2 Å². The van der Waals surface area contributed by atoms with E-state index in [1.54, 1.807) is 0 Å². The lowest BCUT2D eigenvalue weighted by molar-refractivity contribution is 0.826. The second-order valence-electron chi connectivity index (χ2n) is 4.92. The van der Waals surface area contributed by atoms with Crippen molar-refractivity contribution in [2.75, 3.05) is 0 Å². The average Bonchev–Trinajstić information content (AvgIpc) is 3.10. The van der Waals surface area contributed by atoms with Gasteiger partial charge < -0.3 is 10.3 Å². The van der Waals surface area contributed by atoms with Gasteiger partial charge in [0.25, 0.3) is 0 Å². The molecule has 3 aromatic heterocycles. The minimum atomic E-state index is -0.280. The van der Waals surface area contributed by atoms with Crippen LogP contribution in [0, 0.1) is 0 Å². The maximum absolute atomic E-state index is 12.7. The van der Waals surface area contributed by atoms with Gasteiger partial charge in [-0.2, -0.15) is 9.61 Å². The first-order valence-corrected chi connectivity index (χ1v) is 7.50. The quantitative estimate of drug-likeness (QED) is 0.600. The molecule has 0 unspecified atom stereocenters. The molecule has 8 heteroatoms. The van der Waals surface area contributed by atoms with Crippen LogP contribution in [0.3, 0.4) is 0 Å². The number of nitrogens with zero attached hydrogens (tertiary/aromatic N) is 5. The molecule has 0 aliphatic rings. The van der Waals surface area contributed by atoms with Crippen LogP contribution in [0.2, 0.25) is 0 Å². The molecule has 22 heavy (non-hydrogen) atoms. The van der Waals surface area contributed by atoms with E-state index in [0.29, 0.717) is 15.7 Å². The molecule has 0 radical (unpaired) electrons. The summed E-state index contributed by atoms with van der Waals surface area (Å²) >= 11 is 1.27. The van der Waals surface area contributed by atoms with Crippen molar-refractivity contribution < 1.29 is 0 Å². The summed E-state index contributed by atoms with van der Waals surface area (Å²) in [6.07, 6.45) is 1.89. The third kappa shape index (κ3) is 1.78. The molecule has 0 saturated carbocycles. The molecule has 4 rings (SSSR count). The van der Waals surface area contributed by atoms with Gasteiger partial charge in [0.05, 0.1) is 0 Å². The van der Waals surface area contributed by atoms with Crippen LogP contribution in [0.25, 0.3) is 27.1 Å². The Morgan fingerprint density at radius 2 is 2.09 bits per heavy atom. The van der Waals surface area contributed by atoms with Gasteiger partial charge in [0.15, 0.2) is 5.69 Å². The van der Waals surface area contributed by atoms with Gasteiger partial charge in [-0.1, -0.05) is 29.5 Å². The van der Waals surface area contributed by atoms with E-state index < -0.39 is 0 Å². The molecule has 0 spiro atoms. The number of nitrogens with two attached hydrogens (primary N) is 1. The molecular formula is C14H12N6OS. The summed E-state index contributed by atoms with van der Waals surface area (Å²) in [5, 5.41) is 14.0. The molecule has 4 aromatic rings. The van der Waals surface area contributed by atoms with Gasteiger partial charge in [0, 0.05) is 36.3 Å². The molecule has 0 aliphatic heterocycles. The number of benzene rings is 1. The highest BCUT2D eigenvalue weighted by atomic mass is 32.1. The van der Waals surface area contributed by atoms with Crippen LogP contribution in [0.4, 0.5) is 0 Å². The van der Waals surface area contributed by atoms with Gasteiger partial charge in [-0.15, -0.1) is 10.2 Å². The van der Waals surface area contributed by atoms with Crippen LogP contribution in [0.5, 0.6) is 0 Å². The summed E-state index contributed by atoms with van der Waals surface area (Å²) in [6.45, 7) is 0.275. The first-order chi connectivity index (χ1) is 10.7. The van der Waals surface area contributed by atoms with E-state index in [0.717, 1.165) is 16.5 Å². The van der Waals surface area contributed by atoms with Gasteiger partial charge >= 0.3 is 5.56 Å². The highest BCUT2D eigenvalue weighted by molar-refractivity contribution is 7.16. The van der Waals surface area contributed by atoms with Crippen molar-refractivity contribution in [2.45, 2.75) is 6.54 Å². The molecule has 110 valence electrons. The van der Waals surface area contributed by atoms with Gasteiger partial charge in [-0.05, 0) is 6.07 Å². The van der Waals surface area contributed by atoms with Crippen LogP contribution >= 0.6 is 11.3 Å². The van der Waals surface area contributed by atoms with E-state index in [1.165, 1.54) is 15.9 Å². The van der Waals surface area contributed by atoms with Crippen molar-refractivity contribution in [1.29, 1.82) is 0 Å². The first-order valence-electron chi connectivity index (χ1n) is 6.69. The molecule has 0 amide bonds. The number of hydrogen-bond donors (Lipinski definition) is 1. The Kier molecular flexibility index (Phi) is 2.81. The standard InChI is InChI=1S/C14H12N6OS/c1-19-7-9(8-4-2-3-5-10(8)19)12-13(21)20-14(17-16-12)22-11(6-15)18-20/h2-5,7H,6,15H2,1H3. The second-order valence-corrected chi connectivity index (χ2v) is 5.96. The molecule has 0 saturated heterocycles. The summed E-state index contributed by atoms with van der Waals surface area (Å²) in [6, 6.07) is 7.86. The summed E-state index contributed by atoms with van der Waals surface area (Å²) in [5.74, 6) is 0. The van der Waals surface area contributed by atoms with Crippen molar-refractivity contribution in [1.82, 2.24) is 24.4 Å². The zero-order chi connectivity index (χ0) is 15.3. The van der Waals surface area contributed by atoms with Crippen LogP contribution in [0.15, 0.2) is 35.3 Å². The van der Waals surface area contributed by atoms with E-state index in [4.69, 9.17) is 5.73 Å². The minimum Gasteiger partial charge on any atom is -0.350 e. The van der Waals surface area contributed by atoms with E-state index in [-0.39, 0.29) is 12.1 Å². The molecule has 2 N–H and O–H groups in total. The minimum absolute atomic E-state index is 0.275. The van der Waals surface area contributed by atoms with E-state index in [2.05, 4.69) is 15.3 Å². The average molecular weight is 312 g/mol.